The molecule has 2 aromatic rings. The van der Waals surface area contributed by atoms with Gasteiger partial charge in [0.1, 0.15) is 23.1 Å². The molecule has 6 heteroatoms. The number of nitrogens with one attached hydrogen (secondary N) is 1. The molecule has 106 valence electrons. The third-order valence-corrected chi connectivity index (χ3v) is 3.37. The summed E-state index contributed by atoms with van der Waals surface area (Å²) in [6, 6.07) is 5.10. The minimum Gasteiger partial charge on any atom is -0.495 e. The summed E-state index contributed by atoms with van der Waals surface area (Å²) in [5, 5.41) is 2.87. The van der Waals surface area contributed by atoms with Crippen LogP contribution in [0.2, 0.25) is 0 Å². The second-order valence-electron chi connectivity index (χ2n) is 4.10. The minimum atomic E-state index is -0.737. The number of pyridine rings is 1. The highest BCUT2D eigenvalue weighted by Gasteiger charge is 2.25. The van der Waals surface area contributed by atoms with Crippen molar-refractivity contribution < 1.29 is 13.5 Å². The van der Waals surface area contributed by atoms with Crippen LogP contribution in [0.25, 0.3) is 0 Å². The van der Waals surface area contributed by atoms with Crippen molar-refractivity contribution in [3.05, 3.63) is 57.8 Å². The maximum absolute atomic E-state index is 14.1. The molecule has 0 amide bonds. The Bertz CT molecular complexity index is 599. The van der Waals surface area contributed by atoms with Crippen LogP contribution in [0.1, 0.15) is 17.3 Å². The van der Waals surface area contributed by atoms with Crippen LogP contribution < -0.4 is 10.1 Å². The van der Waals surface area contributed by atoms with E-state index in [4.69, 9.17) is 4.74 Å². The van der Waals surface area contributed by atoms with Crippen molar-refractivity contribution in [3.63, 3.8) is 0 Å². The maximum atomic E-state index is 14.1. The van der Waals surface area contributed by atoms with Crippen molar-refractivity contribution in [2.75, 3.05) is 14.2 Å². The van der Waals surface area contributed by atoms with E-state index in [0.29, 0.717) is 15.9 Å². The molecule has 0 saturated heterocycles. The third kappa shape index (κ3) is 2.81. The summed E-state index contributed by atoms with van der Waals surface area (Å²) in [6.07, 6.45) is 1.55. The Kier molecular flexibility index (Phi) is 4.67. The Morgan fingerprint density at radius 1 is 1.30 bits per heavy atom. The Balaban J connectivity index is 2.59. The van der Waals surface area contributed by atoms with E-state index in [9.17, 15) is 8.78 Å². The second-order valence-corrected chi connectivity index (χ2v) is 5.01. The molecule has 0 aliphatic heterocycles. The molecule has 0 radical (unpaired) electrons. The number of rotatable bonds is 4. The van der Waals surface area contributed by atoms with E-state index in [1.807, 2.05) is 0 Å². The normalized spacial score (nSPS) is 12.2. The largest absolute Gasteiger partial charge is 0.495 e. The smallest absolute Gasteiger partial charge is 0.142 e. The Morgan fingerprint density at radius 3 is 2.50 bits per heavy atom. The van der Waals surface area contributed by atoms with Gasteiger partial charge in [0.25, 0.3) is 0 Å². The first kappa shape index (κ1) is 14.9. The van der Waals surface area contributed by atoms with Gasteiger partial charge in [0.05, 0.1) is 13.2 Å². The van der Waals surface area contributed by atoms with E-state index < -0.39 is 17.7 Å². The minimum absolute atomic E-state index is 0.0901. The lowest BCUT2D eigenvalue weighted by atomic mass is 10.0. The molecule has 1 heterocycles. The third-order valence-electron chi connectivity index (χ3n) is 2.91. The second kappa shape index (κ2) is 6.28. The first-order valence-electron chi connectivity index (χ1n) is 5.89. The van der Waals surface area contributed by atoms with Crippen LogP contribution in [0.15, 0.2) is 34.9 Å². The van der Waals surface area contributed by atoms with Gasteiger partial charge in [-0.2, -0.15) is 0 Å². The van der Waals surface area contributed by atoms with Crippen molar-refractivity contribution in [2.45, 2.75) is 6.04 Å². The summed E-state index contributed by atoms with van der Waals surface area (Å²) in [5.41, 5.74) is 0.338. The fourth-order valence-electron chi connectivity index (χ4n) is 2.04. The average molecular weight is 343 g/mol. The zero-order valence-corrected chi connectivity index (χ0v) is 12.5. The lowest BCUT2D eigenvalue weighted by Gasteiger charge is -2.19. The molecular formula is C14H13BrF2N2O. The predicted molar refractivity (Wildman–Crippen MR) is 75.7 cm³/mol. The lowest BCUT2D eigenvalue weighted by molar-refractivity contribution is 0.399. The van der Waals surface area contributed by atoms with E-state index >= 15 is 0 Å². The molecule has 1 N–H and O–H groups in total. The van der Waals surface area contributed by atoms with Gasteiger partial charge in [0.2, 0.25) is 0 Å². The zero-order chi connectivity index (χ0) is 14.7. The number of hydrogen-bond donors (Lipinski definition) is 1. The average Bonchev–Trinajstić information content (AvgIpc) is 2.42. The molecule has 0 saturated carbocycles. The number of methoxy groups -OCH3 is 1. The van der Waals surface area contributed by atoms with Crippen LogP contribution in [0.4, 0.5) is 8.78 Å². The highest BCUT2D eigenvalue weighted by atomic mass is 79.9. The number of nitrogens with zero attached hydrogens (tertiary/aromatic N) is 1. The fraction of sp³-hybridized carbons (Fsp3) is 0.214. The summed E-state index contributed by atoms with van der Waals surface area (Å²) in [6.45, 7) is 0. The molecule has 20 heavy (non-hydrogen) atoms. The van der Waals surface area contributed by atoms with Gasteiger partial charge in [-0.1, -0.05) is 15.9 Å². The summed E-state index contributed by atoms with van der Waals surface area (Å²) < 4.78 is 33.7. The van der Waals surface area contributed by atoms with E-state index in [1.165, 1.54) is 19.2 Å². The topological polar surface area (TPSA) is 34.2 Å². The van der Waals surface area contributed by atoms with Gasteiger partial charge in [-0.3, -0.25) is 4.98 Å². The van der Waals surface area contributed by atoms with Crippen LogP contribution in [0.5, 0.6) is 5.75 Å². The van der Waals surface area contributed by atoms with Crippen molar-refractivity contribution in [1.29, 1.82) is 0 Å². The molecule has 3 nitrogen and oxygen atoms in total. The van der Waals surface area contributed by atoms with Gasteiger partial charge in [0.15, 0.2) is 0 Å². The molecule has 0 fully saturated rings. The van der Waals surface area contributed by atoms with E-state index in [2.05, 4.69) is 26.2 Å². The molecule has 0 spiro atoms. The molecule has 1 atom stereocenters. The van der Waals surface area contributed by atoms with Gasteiger partial charge in [-0.05, 0) is 31.3 Å². The highest BCUT2D eigenvalue weighted by molar-refractivity contribution is 9.10. The quantitative estimate of drug-likeness (QED) is 0.924. The van der Waals surface area contributed by atoms with Gasteiger partial charge >= 0.3 is 0 Å². The molecule has 0 bridgehead atoms. The Hall–Kier alpha value is -1.53. The van der Waals surface area contributed by atoms with Gasteiger partial charge in [0, 0.05) is 16.2 Å². The van der Waals surface area contributed by atoms with Crippen molar-refractivity contribution in [3.8, 4) is 5.75 Å². The number of benzene rings is 1. The van der Waals surface area contributed by atoms with E-state index in [-0.39, 0.29) is 5.56 Å². The first-order chi connectivity index (χ1) is 9.58. The summed E-state index contributed by atoms with van der Waals surface area (Å²) in [4.78, 5) is 4.17. The van der Waals surface area contributed by atoms with Gasteiger partial charge in [-0.15, -0.1) is 0 Å². The van der Waals surface area contributed by atoms with Crippen molar-refractivity contribution in [1.82, 2.24) is 10.3 Å². The number of ether oxygens (including phenoxy) is 1. The van der Waals surface area contributed by atoms with Crippen LogP contribution in [0, 0.1) is 11.6 Å². The summed E-state index contributed by atoms with van der Waals surface area (Å²) in [7, 11) is 3.10. The van der Waals surface area contributed by atoms with Crippen LogP contribution >= 0.6 is 15.9 Å². The Morgan fingerprint density at radius 2 is 1.95 bits per heavy atom. The van der Waals surface area contributed by atoms with Crippen LogP contribution in [-0.2, 0) is 0 Å². The molecule has 0 aliphatic rings. The summed E-state index contributed by atoms with van der Waals surface area (Å²) >= 11 is 3.06. The van der Waals surface area contributed by atoms with Gasteiger partial charge in [-0.25, -0.2) is 8.78 Å². The zero-order valence-electron chi connectivity index (χ0n) is 11.0. The van der Waals surface area contributed by atoms with Crippen LogP contribution in [0.3, 0.4) is 0 Å². The number of halogens is 3. The summed E-state index contributed by atoms with van der Waals surface area (Å²) in [5.74, 6) is -0.832. The lowest BCUT2D eigenvalue weighted by Crippen LogP contribution is -2.22. The van der Waals surface area contributed by atoms with Crippen LogP contribution in [-0.4, -0.2) is 19.1 Å². The monoisotopic (exact) mass is 342 g/mol. The predicted octanol–water partition coefficient (Wildman–Crippen LogP) is 3.44. The van der Waals surface area contributed by atoms with E-state index in [1.54, 1.807) is 25.4 Å². The first-order valence-corrected chi connectivity index (χ1v) is 6.68. The molecular weight excluding hydrogens is 330 g/mol. The molecule has 1 aromatic heterocycles. The highest BCUT2D eigenvalue weighted by Crippen LogP contribution is 2.32. The molecule has 0 aliphatic carbocycles. The SMILES string of the molecule is CNC(c1ncccc1OC)c1c(F)cc(Br)cc1F. The maximum Gasteiger partial charge on any atom is 0.142 e. The molecule has 1 aromatic carbocycles. The van der Waals surface area contributed by atoms with Crippen molar-refractivity contribution >= 4 is 15.9 Å². The number of hydrogen-bond acceptors (Lipinski definition) is 3. The standard InChI is InChI=1S/C14H13BrF2N2O/c1-18-14(13-11(20-2)4-3-5-19-13)12-9(16)6-8(15)7-10(12)17/h3-7,14,18H,1-2H3. The van der Waals surface area contributed by atoms with Crippen molar-refractivity contribution in [2.24, 2.45) is 0 Å². The fourth-order valence-corrected chi connectivity index (χ4v) is 2.44. The Labute approximate surface area is 124 Å². The molecule has 2 rings (SSSR count). The van der Waals surface area contributed by atoms with Gasteiger partial charge < -0.3 is 10.1 Å². The molecule has 1 unspecified atom stereocenters. The number of aromatic nitrogens is 1. The van der Waals surface area contributed by atoms with E-state index in [0.717, 1.165) is 0 Å².